The van der Waals surface area contributed by atoms with Crippen LogP contribution in [-0.2, 0) is 0 Å². The van der Waals surface area contributed by atoms with Gasteiger partial charge in [-0.2, -0.15) is 0 Å². The minimum absolute atomic E-state index is 0.190. The van der Waals surface area contributed by atoms with E-state index in [1.54, 1.807) is 11.8 Å². The number of hydrogen-bond acceptors (Lipinski definition) is 2. The maximum absolute atomic E-state index is 12.2. The number of nitrogens with one attached hydrogen (secondary N) is 1. The second kappa shape index (κ2) is 6.39. The first-order chi connectivity index (χ1) is 9.61. The normalized spacial score (nSPS) is 12.2. The number of carbonyl (C=O) groups excluding carboxylic acids is 1. The zero-order valence-electron chi connectivity index (χ0n) is 11.8. The largest absolute Gasteiger partial charge is 0.392 e. The molecule has 0 aliphatic rings. The topological polar surface area (TPSA) is 52.6 Å². The van der Waals surface area contributed by atoms with Crippen molar-refractivity contribution in [1.82, 2.24) is 4.90 Å². The van der Waals surface area contributed by atoms with Crippen LogP contribution < -0.4 is 5.32 Å². The molecule has 2 aromatic carbocycles. The minimum atomic E-state index is -0.534. The van der Waals surface area contributed by atoms with E-state index in [1.807, 2.05) is 49.4 Å². The molecule has 0 radical (unpaired) electrons. The van der Waals surface area contributed by atoms with Crippen molar-refractivity contribution in [1.29, 1.82) is 0 Å². The summed E-state index contributed by atoms with van der Waals surface area (Å²) in [6, 6.07) is 13.5. The Labute approximate surface area is 119 Å². The summed E-state index contributed by atoms with van der Waals surface area (Å²) in [4.78, 5) is 13.8. The monoisotopic (exact) mass is 272 g/mol. The number of hydrogen-bond donors (Lipinski definition) is 2. The van der Waals surface area contributed by atoms with Crippen LogP contribution in [0.15, 0.2) is 42.5 Å². The molecule has 20 heavy (non-hydrogen) atoms. The van der Waals surface area contributed by atoms with Gasteiger partial charge in [-0.1, -0.05) is 36.4 Å². The number of aliphatic hydroxyl groups is 1. The molecule has 4 heteroatoms. The second-order valence-electron chi connectivity index (χ2n) is 4.84. The molecule has 0 heterocycles. The van der Waals surface area contributed by atoms with Crippen molar-refractivity contribution in [3.63, 3.8) is 0 Å². The Morgan fingerprint density at radius 2 is 1.95 bits per heavy atom. The number of fused-ring (bicyclic) bond motifs is 1. The van der Waals surface area contributed by atoms with Gasteiger partial charge in [-0.05, 0) is 25.3 Å². The number of aliphatic hydroxyl groups excluding tert-OH is 1. The number of anilines is 1. The van der Waals surface area contributed by atoms with Crippen LogP contribution in [0, 0.1) is 0 Å². The van der Waals surface area contributed by atoms with E-state index in [4.69, 9.17) is 0 Å². The van der Waals surface area contributed by atoms with Gasteiger partial charge in [0.2, 0.25) is 0 Å². The van der Waals surface area contributed by atoms with Gasteiger partial charge in [-0.15, -0.1) is 0 Å². The van der Waals surface area contributed by atoms with Crippen LogP contribution >= 0.6 is 0 Å². The number of benzene rings is 2. The predicted octanol–water partition coefficient (Wildman–Crippen LogP) is 3.07. The zero-order chi connectivity index (χ0) is 14.5. The van der Waals surface area contributed by atoms with Crippen molar-refractivity contribution in [3.8, 4) is 0 Å². The fourth-order valence-electron chi connectivity index (χ4n) is 2.20. The third-order valence-electron chi connectivity index (χ3n) is 3.18. The third-order valence-corrected chi connectivity index (χ3v) is 3.18. The van der Waals surface area contributed by atoms with E-state index in [9.17, 15) is 9.90 Å². The summed E-state index contributed by atoms with van der Waals surface area (Å²) in [5.74, 6) is 0. The molecule has 0 aromatic heterocycles. The van der Waals surface area contributed by atoms with Crippen molar-refractivity contribution in [2.45, 2.75) is 20.0 Å². The van der Waals surface area contributed by atoms with E-state index < -0.39 is 6.10 Å². The molecule has 0 saturated heterocycles. The summed E-state index contributed by atoms with van der Waals surface area (Å²) in [5, 5.41) is 14.4. The molecule has 1 atom stereocenters. The van der Waals surface area contributed by atoms with Crippen molar-refractivity contribution in [3.05, 3.63) is 42.5 Å². The van der Waals surface area contributed by atoms with Crippen LogP contribution in [0.2, 0.25) is 0 Å². The highest BCUT2D eigenvalue weighted by Crippen LogP contribution is 2.23. The molecule has 4 nitrogen and oxygen atoms in total. The maximum atomic E-state index is 12.2. The highest BCUT2D eigenvalue weighted by atomic mass is 16.3. The number of urea groups is 1. The van der Waals surface area contributed by atoms with Gasteiger partial charge in [-0.3, -0.25) is 0 Å². The lowest BCUT2D eigenvalue weighted by Gasteiger charge is -2.23. The summed E-state index contributed by atoms with van der Waals surface area (Å²) in [6.45, 7) is 4.45. The average molecular weight is 272 g/mol. The number of nitrogens with zero attached hydrogens (tertiary/aromatic N) is 1. The van der Waals surface area contributed by atoms with E-state index in [-0.39, 0.29) is 6.03 Å². The molecule has 0 spiro atoms. The second-order valence-corrected chi connectivity index (χ2v) is 4.84. The minimum Gasteiger partial charge on any atom is -0.392 e. The third kappa shape index (κ3) is 3.27. The molecule has 0 bridgehead atoms. The quantitative estimate of drug-likeness (QED) is 0.898. The van der Waals surface area contributed by atoms with Gasteiger partial charge in [0.15, 0.2) is 0 Å². The smallest absolute Gasteiger partial charge is 0.321 e. The summed E-state index contributed by atoms with van der Waals surface area (Å²) in [6.07, 6.45) is -0.534. The fraction of sp³-hybridized carbons (Fsp3) is 0.312. The Kier molecular flexibility index (Phi) is 4.58. The molecule has 2 N–H and O–H groups in total. The molecular weight excluding hydrogens is 252 g/mol. The first kappa shape index (κ1) is 14.3. The van der Waals surface area contributed by atoms with Crippen LogP contribution in [0.25, 0.3) is 10.8 Å². The standard InChI is InChI=1S/C16H20N2O2/c1-3-18(11-12(2)19)16(20)17-15-10-6-8-13-7-4-5-9-14(13)15/h4-10,12,19H,3,11H2,1-2H3,(H,17,20)/t12-/m1/s1. The van der Waals surface area contributed by atoms with E-state index in [2.05, 4.69) is 5.32 Å². The lowest BCUT2D eigenvalue weighted by atomic mass is 10.1. The Balaban J connectivity index is 2.21. The van der Waals surface area contributed by atoms with E-state index >= 15 is 0 Å². The summed E-state index contributed by atoms with van der Waals surface area (Å²) >= 11 is 0. The molecular formula is C16H20N2O2. The number of likely N-dealkylation sites (N-methyl/N-ethyl adjacent to an activating group) is 1. The molecule has 0 saturated carbocycles. The van der Waals surface area contributed by atoms with Crippen LogP contribution in [0.3, 0.4) is 0 Å². The summed E-state index contributed by atoms with van der Waals surface area (Å²) in [5.41, 5.74) is 0.789. The fourth-order valence-corrected chi connectivity index (χ4v) is 2.20. The van der Waals surface area contributed by atoms with Crippen molar-refractivity contribution < 1.29 is 9.90 Å². The van der Waals surface area contributed by atoms with Crippen LogP contribution in [0.5, 0.6) is 0 Å². The molecule has 106 valence electrons. The Bertz CT molecular complexity index is 591. The maximum Gasteiger partial charge on any atom is 0.321 e. The molecule has 0 aliphatic carbocycles. The number of amides is 2. The Hall–Kier alpha value is -2.07. The molecule has 2 amide bonds. The Morgan fingerprint density at radius 3 is 2.65 bits per heavy atom. The number of rotatable bonds is 4. The van der Waals surface area contributed by atoms with Gasteiger partial charge in [0.25, 0.3) is 0 Å². The van der Waals surface area contributed by atoms with Gasteiger partial charge in [0.05, 0.1) is 11.8 Å². The molecule has 0 aliphatic heterocycles. The summed E-state index contributed by atoms with van der Waals surface area (Å²) < 4.78 is 0. The molecule has 0 unspecified atom stereocenters. The molecule has 2 rings (SSSR count). The van der Waals surface area contributed by atoms with Gasteiger partial charge < -0.3 is 15.3 Å². The number of carbonyl (C=O) groups is 1. The summed E-state index contributed by atoms with van der Waals surface area (Å²) in [7, 11) is 0. The van der Waals surface area contributed by atoms with Crippen LogP contribution in [-0.4, -0.2) is 35.2 Å². The van der Waals surface area contributed by atoms with Gasteiger partial charge in [0.1, 0.15) is 0 Å². The van der Waals surface area contributed by atoms with E-state index in [1.165, 1.54) is 0 Å². The van der Waals surface area contributed by atoms with Crippen molar-refractivity contribution in [2.75, 3.05) is 18.4 Å². The van der Waals surface area contributed by atoms with Crippen LogP contribution in [0.1, 0.15) is 13.8 Å². The molecule has 2 aromatic rings. The van der Waals surface area contributed by atoms with Gasteiger partial charge in [0, 0.05) is 18.5 Å². The zero-order valence-corrected chi connectivity index (χ0v) is 11.8. The van der Waals surface area contributed by atoms with Crippen molar-refractivity contribution in [2.24, 2.45) is 0 Å². The highest BCUT2D eigenvalue weighted by molar-refractivity contribution is 6.01. The van der Waals surface area contributed by atoms with Crippen molar-refractivity contribution >= 4 is 22.5 Å². The lowest BCUT2D eigenvalue weighted by Crippen LogP contribution is -2.39. The first-order valence-corrected chi connectivity index (χ1v) is 6.83. The SMILES string of the molecule is CCN(C[C@@H](C)O)C(=O)Nc1cccc2ccccc12. The average Bonchev–Trinajstić information content (AvgIpc) is 2.45. The van der Waals surface area contributed by atoms with Crippen LogP contribution in [0.4, 0.5) is 10.5 Å². The van der Waals surface area contributed by atoms with E-state index in [0.717, 1.165) is 16.5 Å². The lowest BCUT2D eigenvalue weighted by molar-refractivity contribution is 0.141. The highest BCUT2D eigenvalue weighted by Gasteiger charge is 2.14. The molecule has 0 fully saturated rings. The predicted molar refractivity (Wildman–Crippen MR) is 81.9 cm³/mol. The van der Waals surface area contributed by atoms with Gasteiger partial charge >= 0.3 is 6.03 Å². The van der Waals surface area contributed by atoms with E-state index in [0.29, 0.717) is 13.1 Å². The first-order valence-electron chi connectivity index (χ1n) is 6.83. The van der Waals surface area contributed by atoms with Gasteiger partial charge in [-0.25, -0.2) is 4.79 Å². The Morgan fingerprint density at radius 1 is 1.25 bits per heavy atom.